The Hall–Kier alpha value is -2.08. The van der Waals surface area contributed by atoms with Gasteiger partial charge in [0.05, 0.1) is 17.1 Å². The van der Waals surface area contributed by atoms with Crippen LogP contribution in [0.3, 0.4) is 0 Å². The van der Waals surface area contributed by atoms with Gasteiger partial charge in [-0.05, 0) is 31.4 Å². The van der Waals surface area contributed by atoms with Crippen molar-refractivity contribution >= 4 is 17.1 Å². The number of amides is 2. The van der Waals surface area contributed by atoms with Crippen LogP contribution in [0.5, 0.6) is 0 Å². The highest BCUT2D eigenvalue weighted by atomic mass is 16.5. The summed E-state index contributed by atoms with van der Waals surface area (Å²) in [6.45, 7) is 7.22. The van der Waals surface area contributed by atoms with E-state index in [-0.39, 0.29) is 12.1 Å². The molecule has 0 aliphatic carbocycles. The summed E-state index contributed by atoms with van der Waals surface area (Å²) < 4.78 is 7.70. The molecule has 0 unspecified atom stereocenters. The van der Waals surface area contributed by atoms with Gasteiger partial charge in [0.15, 0.2) is 0 Å². The molecule has 25 heavy (non-hydrogen) atoms. The second kappa shape index (κ2) is 7.87. The van der Waals surface area contributed by atoms with Crippen molar-refractivity contribution in [2.75, 3.05) is 26.7 Å². The number of hydrogen-bond acceptors (Lipinski definition) is 3. The molecule has 2 atom stereocenters. The van der Waals surface area contributed by atoms with Crippen molar-refractivity contribution < 1.29 is 9.53 Å². The first-order valence-electron chi connectivity index (χ1n) is 9.13. The summed E-state index contributed by atoms with van der Waals surface area (Å²) >= 11 is 0. The number of carbonyl (C=O) groups excluding carboxylic acids is 1. The number of likely N-dealkylation sites (tertiary alicyclic amines) is 1. The van der Waals surface area contributed by atoms with Crippen LogP contribution in [0.2, 0.25) is 0 Å². The Balaban J connectivity index is 1.57. The fraction of sp³-hybridized carbons (Fsp3) is 0.579. The number of para-hydroxylation sites is 2. The standard InChI is InChI=1S/C19H28N4O2/c1-4-23-16-8-6-5-7-15(16)21-18(23)9-11-20-19(24)22-12-10-14(2)17(13-22)25-3/h5-8,14,17H,4,9-13H2,1-3H3,(H,20,24)/t14-,17-/m1/s1. The van der Waals surface area contributed by atoms with E-state index in [0.717, 1.165) is 42.8 Å². The van der Waals surface area contributed by atoms with Gasteiger partial charge in [-0.2, -0.15) is 0 Å². The maximum Gasteiger partial charge on any atom is 0.317 e. The minimum atomic E-state index is -0.00638. The summed E-state index contributed by atoms with van der Waals surface area (Å²) in [7, 11) is 1.72. The first-order valence-corrected chi connectivity index (χ1v) is 9.13. The molecular formula is C19H28N4O2. The Labute approximate surface area is 149 Å². The van der Waals surface area contributed by atoms with E-state index in [2.05, 4.69) is 29.8 Å². The van der Waals surface area contributed by atoms with Gasteiger partial charge in [0, 0.05) is 39.7 Å². The fourth-order valence-corrected chi connectivity index (χ4v) is 3.59. The molecule has 136 valence electrons. The highest BCUT2D eigenvalue weighted by Gasteiger charge is 2.28. The average molecular weight is 344 g/mol. The van der Waals surface area contributed by atoms with E-state index in [0.29, 0.717) is 19.0 Å². The van der Waals surface area contributed by atoms with E-state index in [1.807, 2.05) is 23.1 Å². The Morgan fingerprint density at radius 3 is 2.96 bits per heavy atom. The minimum absolute atomic E-state index is 0.00638. The van der Waals surface area contributed by atoms with Crippen LogP contribution < -0.4 is 5.32 Å². The molecular weight excluding hydrogens is 316 g/mol. The van der Waals surface area contributed by atoms with Gasteiger partial charge >= 0.3 is 6.03 Å². The van der Waals surface area contributed by atoms with Crippen LogP contribution in [0.4, 0.5) is 4.79 Å². The zero-order chi connectivity index (χ0) is 17.8. The Kier molecular flexibility index (Phi) is 5.58. The van der Waals surface area contributed by atoms with Gasteiger partial charge < -0.3 is 19.5 Å². The molecule has 2 aromatic rings. The molecule has 0 radical (unpaired) electrons. The van der Waals surface area contributed by atoms with Gasteiger partial charge in [0.1, 0.15) is 5.82 Å². The van der Waals surface area contributed by atoms with Gasteiger partial charge in [-0.15, -0.1) is 0 Å². The molecule has 2 heterocycles. The molecule has 6 nitrogen and oxygen atoms in total. The largest absolute Gasteiger partial charge is 0.379 e. The summed E-state index contributed by atoms with van der Waals surface area (Å²) in [5, 5.41) is 3.03. The number of imidazole rings is 1. The number of fused-ring (bicyclic) bond motifs is 1. The topological polar surface area (TPSA) is 59.4 Å². The Morgan fingerprint density at radius 1 is 1.40 bits per heavy atom. The van der Waals surface area contributed by atoms with Crippen LogP contribution in [0.25, 0.3) is 11.0 Å². The van der Waals surface area contributed by atoms with Crippen LogP contribution in [0, 0.1) is 5.92 Å². The predicted molar refractivity (Wildman–Crippen MR) is 98.7 cm³/mol. The van der Waals surface area contributed by atoms with Crippen LogP contribution >= 0.6 is 0 Å². The minimum Gasteiger partial charge on any atom is -0.379 e. The lowest BCUT2D eigenvalue weighted by Gasteiger charge is -2.36. The number of rotatable bonds is 5. The number of hydrogen-bond donors (Lipinski definition) is 1. The molecule has 1 saturated heterocycles. The highest BCUT2D eigenvalue weighted by molar-refractivity contribution is 5.76. The van der Waals surface area contributed by atoms with Crippen molar-refractivity contribution in [1.82, 2.24) is 19.8 Å². The lowest BCUT2D eigenvalue weighted by molar-refractivity contribution is 0.00721. The normalized spacial score (nSPS) is 20.8. The third-order valence-corrected chi connectivity index (χ3v) is 5.15. The second-order valence-electron chi connectivity index (χ2n) is 6.73. The molecule has 1 aromatic heterocycles. The molecule has 1 fully saturated rings. The van der Waals surface area contributed by atoms with Crippen molar-refractivity contribution in [3.63, 3.8) is 0 Å². The third-order valence-electron chi connectivity index (χ3n) is 5.15. The molecule has 1 N–H and O–H groups in total. The summed E-state index contributed by atoms with van der Waals surface area (Å²) in [5.74, 6) is 1.52. The number of nitrogens with one attached hydrogen (secondary N) is 1. The zero-order valence-electron chi connectivity index (χ0n) is 15.4. The molecule has 1 aliphatic heterocycles. The van der Waals surface area contributed by atoms with Crippen LogP contribution in [-0.2, 0) is 17.7 Å². The number of ether oxygens (including phenoxy) is 1. The summed E-state index contributed by atoms with van der Waals surface area (Å²) in [5.41, 5.74) is 2.16. The van der Waals surface area contributed by atoms with Crippen LogP contribution in [-0.4, -0.2) is 53.3 Å². The summed E-state index contributed by atoms with van der Waals surface area (Å²) in [6.07, 6.45) is 1.84. The fourth-order valence-electron chi connectivity index (χ4n) is 3.59. The van der Waals surface area contributed by atoms with Crippen molar-refractivity contribution in [2.45, 2.75) is 39.3 Å². The zero-order valence-corrected chi connectivity index (χ0v) is 15.4. The van der Waals surface area contributed by atoms with Gasteiger partial charge in [0.25, 0.3) is 0 Å². The van der Waals surface area contributed by atoms with E-state index in [1.54, 1.807) is 7.11 Å². The molecule has 0 saturated carbocycles. The van der Waals surface area contributed by atoms with Crippen LogP contribution in [0.15, 0.2) is 24.3 Å². The lowest BCUT2D eigenvalue weighted by atomic mass is 9.96. The maximum atomic E-state index is 12.4. The number of aromatic nitrogens is 2. The third kappa shape index (κ3) is 3.79. The number of methoxy groups -OCH3 is 1. The molecule has 1 aromatic carbocycles. The van der Waals surface area contributed by atoms with E-state index in [9.17, 15) is 4.79 Å². The summed E-state index contributed by atoms with van der Waals surface area (Å²) in [4.78, 5) is 19.0. The van der Waals surface area contributed by atoms with E-state index in [4.69, 9.17) is 9.72 Å². The number of carbonyl (C=O) groups is 1. The van der Waals surface area contributed by atoms with Crippen molar-refractivity contribution in [3.8, 4) is 0 Å². The predicted octanol–water partition coefficient (Wildman–Crippen LogP) is 2.67. The monoisotopic (exact) mass is 344 g/mol. The van der Waals surface area contributed by atoms with Crippen molar-refractivity contribution in [3.05, 3.63) is 30.1 Å². The van der Waals surface area contributed by atoms with E-state index >= 15 is 0 Å². The van der Waals surface area contributed by atoms with E-state index < -0.39 is 0 Å². The molecule has 6 heteroatoms. The number of aryl methyl sites for hydroxylation is 1. The lowest BCUT2D eigenvalue weighted by Crippen LogP contribution is -2.50. The van der Waals surface area contributed by atoms with Crippen molar-refractivity contribution in [2.24, 2.45) is 5.92 Å². The second-order valence-corrected chi connectivity index (χ2v) is 6.73. The average Bonchev–Trinajstić information content (AvgIpc) is 2.99. The van der Waals surface area contributed by atoms with Gasteiger partial charge in [-0.3, -0.25) is 0 Å². The number of nitrogens with zero attached hydrogens (tertiary/aromatic N) is 3. The van der Waals surface area contributed by atoms with Crippen molar-refractivity contribution in [1.29, 1.82) is 0 Å². The smallest absolute Gasteiger partial charge is 0.317 e. The first-order chi connectivity index (χ1) is 12.1. The molecule has 1 aliphatic rings. The SMILES string of the molecule is CCn1c(CCNC(=O)N2CC[C@@H](C)[C@H](OC)C2)nc2ccccc21. The Bertz CT molecular complexity index is 727. The molecule has 3 rings (SSSR count). The first kappa shape index (κ1) is 17.7. The number of urea groups is 1. The molecule has 0 spiro atoms. The van der Waals surface area contributed by atoms with Gasteiger partial charge in [-0.25, -0.2) is 9.78 Å². The maximum absolute atomic E-state index is 12.4. The van der Waals surface area contributed by atoms with Crippen LogP contribution in [0.1, 0.15) is 26.1 Å². The Morgan fingerprint density at radius 2 is 2.20 bits per heavy atom. The summed E-state index contributed by atoms with van der Waals surface area (Å²) in [6, 6.07) is 8.15. The number of benzene rings is 1. The van der Waals surface area contributed by atoms with Gasteiger partial charge in [-0.1, -0.05) is 19.1 Å². The number of piperidine rings is 1. The molecule has 2 amide bonds. The molecule has 0 bridgehead atoms. The van der Waals surface area contributed by atoms with Gasteiger partial charge in [0.2, 0.25) is 0 Å². The quantitative estimate of drug-likeness (QED) is 0.907. The van der Waals surface area contributed by atoms with E-state index in [1.165, 1.54) is 0 Å². The highest BCUT2D eigenvalue weighted by Crippen LogP contribution is 2.19.